The number of hydrogen-bond donors (Lipinski definition) is 1. The molecule has 3 atom stereocenters. The van der Waals surface area contributed by atoms with Gasteiger partial charge < -0.3 is 9.73 Å². The molecule has 2 aliphatic heterocycles. The lowest BCUT2D eigenvalue weighted by molar-refractivity contribution is -0.122. The molecule has 0 unspecified atom stereocenters. The average molecular weight is 611 g/mol. The fourth-order valence-corrected chi connectivity index (χ4v) is 7.94. The number of nitrogens with one attached hydrogen (secondary N) is 1. The molecule has 38 heavy (non-hydrogen) atoms. The Morgan fingerprint density at radius 3 is 2.50 bits per heavy atom. The number of halogens is 1. The van der Waals surface area contributed by atoms with Crippen LogP contribution in [0.3, 0.4) is 0 Å². The van der Waals surface area contributed by atoms with Gasteiger partial charge in [-0.3, -0.25) is 23.7 Å². The maximum atomic E-state index is 13.7. The first-order chi connectivity index (χ1) is 18.3. The van der Waals surface area contributed by atoms with Crippen LogP contribution in [0.1, 0.15) is 22.1 Å². The van der Waals surface area contributed by atoms with E-state index in [9.17, 15) is 19.2 Å². The van der Waals surface area contributed by atoms with E-state index in [1.807, 2.05) is 25.1 Å². The predicted octanol–water partition coefficient (Wildman–Crippen LogP) is 5.01. The van der Waals surface area contributed by atoms with Gasteiger partial charge in [0.15, 0.2) is 0 Å². The van der Waals surface area contributed by atoms with Crippen LogP contribution in [0.25, 0.3) is 0 Å². The number of hydrogen-bond acceptors (Lipinski definition) is 7. The van der Waals surface area contributed by atoms with Gasteiger partial charge in [-0.15, -0.1) is 0 Å². The zero-order valence-electron chi connectivity index (χ0n) is 19.9. The number of fused-ring (bicyclic) bond motifs is 2. The third-order valence-electron chi connectivity index (χ3n) is 6.70. The summed E-state index contributed by atoms with van der Waals surface area (Å²) >= 11 is 5.54. The normalized spacial score (nSPS) is 20.4. The van der Waals surface area contributed by atoms with E-state index in [1.165, 1.54) is 27.5 Å². The van der Waals surface area contributed by atoms with Crippen LogP contribution < -0.4 is 15.1 Å². The Balaban J connectivity index is 1.39. The molecule has 3 amide bonds. The number of imide groups is 1. The second-order valence-corrected chi connectivity index (χ2v) is 12.1. The van der Waals surface area contributed by atoms with E-state index in [2.05, 4.69) is 21.2 Å². The van der Waals surface area contributed by atoms with Gasteiger partial charge in [0.2, 0.25) is 17.7 Å². The molecule has 4 heterocycles. The molecule has 1 N–H and O–H groups in total. The number of carbonyl (C=O) groups is 3. The lowest BCUT2D eigenvalue weighted by Crippen LogP contribution is -2.32. The highest BCUT2D eigenvalue weighted by atomic mass is 79.9. The second kappa shape index (κ2) is 9.72. The van der Waals surface area contributed by atoms with E-state index < -0.39 is 17.1 Å². The number of anilines is 2. The first kappa shape index (κ1) is 24.9. The summed E-state index contributed by atoms with van der Waals surface area (Å²) in [7, 11) is 0. The fourth-order valence-electron chi connectivity index (χ4n) is 4.92. The van der Waals surface area contributed by atoms with Crippen LogP contribution in [0.2, 0.25) is 0 Å². The molecule has 1 saturated heterocycles. The molecule has 0 spiro atoms. The molecule has 0 saturated carbocycles. The van der Waals surface area contributed by atoms with Gasteiger partial charge in [0.05, 0.1) is 33.7 Å². The van der Waals surface area contributed by atoms with Crippen LogP contribution in [-0.2, 0) is 20.9 Å². The highest BCUT2D eigenvalue weighted by molar-refractivity contribution is 9.10. The molecular formula is C27H20BrN3O5S2. The molecule has 6 rings (SSSR count). The van der Waals surface area contributed by atoms with Crippen molar-refractivity contribution in [1.29, 1.82) is 0 Å². The number of thiazole rings is 1. The molecule has 11 heteroatoms. The van der Waals surface area contributed by atoms with Gasteiger partial charge in [0.25, 0.3) is 0 Å². The molecule has 0 bridgehead atoms. The van der Waals surface area contributed by atoms with Gasteiger partial charge in [0, 0.05) is 10.2 Å². The van der Waals surface area contributed by atoms with E-state index in [1.54, 1.807) is 42.5 Å². The largest absolute Gasteiger partial charge is 0.469 e. The summed E-state index contributed by atoms with van der Waals surface area (Å²) in [6.07, 6.45) is 1.51. The summed E-state index contributed by atoms with van der Waals surface area (Å²) in [5.74, 6) is -1.93. The zero-order valence-corrected chi connectivity index (χ0v) is 23.1. The predicted molar refractivity (Wildman–Crippen MR) is 149 cm³/mol. The number of aromatic nitrogens is 1. The third-order valence-corrected chi connectivity index (χ3v) is 9.84. The van der Waals surface area contributed by atoms with Crippen molar-refractivity contribution in [2.45, 2.75) is 29.7 Å². The first-order valence-electron chi connectivity index (χ1n) is 11.8. The number of nitrogens with zero attached hydrogens (tertiary/aromatic N) is 2. The molecule has 2 aromatic heterocycles. The maximum absolute atomic E-state index is 13.7. The number of benzene rings is 2. The molecule has 4 aromatic rings. The smallest absolute Gasteiger partial charge is 0.308 e. The number of aryl methyl sites for hydroxylation is 1. The first-order valence-corrected chi connectivity index (χ1v) is 14.2. The lowest BCUT2D eigenvalue weighted by Gasteiger charge is -2.29. The van der Waals surface area contributed by atoms with Crippen molar-refractivity contribution in [3.05, 3.63) is 97.3 Å². The lowest BCUT2D eigenvalue weighted by atomic mass is 9.87. The summed E-state index contributed by atoms with van der Waals surface area (Å²) in [5, 5.41) is 2.61. The van der Waals surface area contributed by atoms with Crippen molar-refractivity contribution in [3.8, 4) is 0 Å². The summed E-state index contributed by atoms with van der Waals surface area (Å²) in [4.78, 5) is 55.0. The third kappa shape index (κ3) is 4.14. The number of rotatable bonds is 5. The van der Waals surface area contributed by atoms with E-state index in [4.69, 9.17) is 4.42 Å². The van der Waals surface area contributed by atoms with Crippen LogP contribution in [0, 0.1) is 12.8 Å². The number of amides is 3. The minimum Gasteiger partial charge on any atom is -0.469 e. The Hall–Kier alpha value is -3.41. The highest BCUT2D eigenvalue weighted by Gasteiger charge is 2.57. The Morgan fingerprint density at radius 2 is 1.79 bits per heavy atom. The quantitative estimate of drug-likeness (QED) is 0.319. The number of furan rings is 1. The van der Waals surface area contributed by atoms with Crippen molar-refractivity contribution < 1.29 is 18.8 Å². The van der Waals surface area contributed by atoms with Gasteiger partial charge in [-0.05, 0) is 55.0 Å². The molecule has 0 aliphatic carbocycles. The molecule has 192 valence electrons. The molecule has 1 fully saturated rings. The molecule has 8 nitrogen and oxygen atoms in total. The monoisotopic (exact) mass is 609 g/mol. The van der Waals surface area contributed by atoms with Crippen LogP contribution in [0.15, 0.2) is 85.6 Å². The van der Waals surface area contributed by atoms with Crippen molar-refractivity contribution in [2.24, 2.45) is 5.92 Å². The van der Waals surface area contributed by atoms with E-state index in [0.717, 1.165) is 21.4 Å². The van der Waals surface area contributed by atoms with Gasteiger partial charge in [0.1, 0.15) is 17.6 Å². The second-order valence-electron chi connectivity index (χ2n) is 9.03. The summed E-state index contributed by atoms with van der Waals surface area (Å²) in [6, 6.07) is 17.8. The number of thioether (sulfide) groups is 1. The van der Waals surface area contributed by atoms with Crippen molar-refractivity contribution >= 4 is 68.1 Å². The highest BCUT2D eigenvalue weighted by Crippen LogP contribution is 2.53. The van der Waals surface area contributed by atoms with Gasteiger partial charge in [-0.1, -0.05) is 57.2 Å². The van der Waals surface area contributed by atoms with Crippen LogP contribution >= 0.6 is 39.0 Å². The Bertz CT molecular complexity index is 1630. The van der Waals surface area contributed by atoms with Crippen molar-refractivity contribution in [2.75, 3.05) is 10.2 Å². The van der Waals surface area contributed by atoms with Crippen LogP contribution in [0.5, 0.6) is 0 Å². The molecule has 0 radical (unpaired) electrons. The van der Waals surface area contributed by atoms with Gasteiger partial charge in [-0.2, -0.15) is 0 Å². The van der Waals surface area contributed by atoms with Gasteiger partial charge in [-0.25, -0.2) is 4.90 Å². The Morgan fingerprint density at radius 1 is 1.03 bits per heavy atom. The average Bonchev–Trinajstić information content (AvgIpc) is 3.59. The number of carbonyl (C=O) groups excluding carboxylic acids is 3. The SMILES string of the molecule is Cc1ccccc1NC(=O)Cn1c2c(sc1=O)[C@@H](c1ccco1)[C@@H]1C(=O)N(c3ccc(Br)cc3)C(=O)[C@@H]1S2. The molecular weight excluding hydrogens is 590 g/mol. The minimum atomic E-state index is -0.770. The topological polar surface area (TPSA) is 102 Å². The summed E-state index contributed by atoms with van der Waals surface area (Å²) in [5.41, 5.74) is 2.05. The number of para-hydroxylation sites is 1. The van der Waals surface area contributed by atoms with E-state index in [0.29, 0.717) is 27.0 Å². The molecule has 2 aromatic carbocycles. The standard InChI is InChI=1S/C27H20BrN3O5S2/c1-14-5-2-3-6-17(14)29-19(32)13-30-26-23(38-27(30)35)20(18-7-4-12-36-18)21-22(37-26)25(34)31(24(21)33)16-10-8-15(28)9-11-16/h2-12,20-22H,13H2,1H3,(H,29,32)/t20-,21-,22+/m0/s1. The van der Waals surface area contributed by atoms with Gasteiger partial charge >= 0.3 is 4.87 Å². The van der Waals surface area contributed by atoms with E-state index in [-0.39, 0.29) is 29.1 Å². The van der Waals surface area contributed by atoms with Crippen LogP contribution in [0.4, 0.5) is 11.4 Å². The fraction of sp³-hybridized carbons (Fsp3) is 0.185. The van der Waals surface area contributed by atoms with Crippen LogP contribution in [-0.4, -0.2) is 27.5 Å². The zero-order chi connectivity index (χ0) is 26.6. The Kier molecular flexibility index (Phi) is 6.37. The summed E-state index contributed by atoms with van der Waals surface area (Å²) < 4.78 is 7.94. The minimum absolute atomic E-state index is 0.215. The summed E-state index contributed by atoms with van der Waals surface area (Å²) in [6.45, 7) is 1.67. The molecule has 2 aliphatic rings. The van der Waals surface area contributed by atoms with E-state index >= 15 is 0 Å². The van der Waals surface area contributed by atoms with Crippen molar-refractivity contribution in [1.82, 2.24) is 4.57 Å². The Labute approximate surface area is 233 Å². The maximum Gasteiger partial charge on any atom is 0.308 e. The van der Waals surface area contributed by atoms with Crippen molar-refractivity contribution in [3.63, 3.8) is 0 Å².